The normalized spacial score (nSPS) is 21.7. The summed E-state index contributed by atoms with van der Waals surface area (Å²) in [6, 6.07) is 5.99. The summed E-state index contributed by atoms with van der Waals surface area (Å²) >= 11 is 1.61. The lowest BCUT2D eigenvalue weighted by atomic mass is 10.2. The van der Waals surface area contributed by atoms with Crippen molar-refractivity contribution in [1.29, 1.82) is 0 Å². The Morgan fingerprint density at radius 1 is 1.33 bits per heavy atom. The molecule has 0 aliphatic carbocycles. The highest BCUT2D eigenvalue weighted by Gasteiger charge is 2.38. The van der Waals surface area contributed by atoms with Gasteiger partial charge in [-0.3, -0.25) is 0 Å². The first-order valence-corrected chi connectivity index (χ1v) is 7.38. The average Bonchev–Trinajstić information content (AvgIpc) is 3.04. The third-order valence-electron chi connectivity index (χ3n) is 3.53. The van der Waals surface area contributed by atoms with Gasteiger partial charge in [0.15, 0.2) is 0 Å². The molecule has 1 saturated heterocycles. The summed E-state index contributed by atoms with van der Waals surface area (Å²) in [7, 11) is 0. The fourth-order valence-corrected chi connectivity index (χ4v) is 3.28. The molecule has 3 N–H and O–H groups in total. The molecular weight excluding hydrogens is 292 g/mol. The van der Waals surface area contributed by atoms with Gasteiger partial charge < -0.3 is 20.4 Å². The monoisotopic (exact) mass is 306 g/mol. The molecule has 2 aromatic rings. The van der Waals surface area contributed by atoms with Gasteiger partial charge in [0, 0.05) is 23.4 Å². The smallest absolute Gasteiger partial charge is 0.326 e. The molecule has 1 aliphatic heterocycles. The van der Waals surface area contributed by atoms with Crippen LogP contribution in [0.1, 0.15) is 6.42 Å². The number of fused-ring (bicyclic) bond motifs is 1. The molecule has 1 fully saturated rings. The van der Waals surface area contributed by atoms with Gasteiger partial charge in [-0.1, -0.05) is 0 Å². The molecule has 2 amide bonds. The van der Waals surface area contributed by atoms with Crippen molar-refractivity contribution in [1.82, 2.24) is 4.90 Å². The lowest BCUT2D eigenvalue weighted by Crippen LogP contribution is -2.43. The van der Waals surface area contributed by atoms with Crippen molar-refractivity contribution in [3.05, 3.63) is 29.6 Å². The van der Waals surface area contributed by atoms with Gasteiger partial charge in [-0.25, -0.2) is 9.59 Å². The third-order valence-corrected chi connectivity index (χ3v) is 4.43. The molecule has 0 bridgehead atoms. The van der Waals surface area contributed by atoms with Crippen LogP contribution in [0, 0.1) is 0 Å². The van der Waals surface area contributed by atoms with Crippen LogP contribution in [0.15, 0.2) is 29.6 Å². The first kappa shape index (κ1) is 13.8. The fraction of sp³-hybridized carbons (Fsp3) is 0.286. The number of amides is 2. The first-order valence-electron chi connectivity index (χ1n) is 6.50. The zero-order chi connectivity index (χ0) is 15.0. The zero-order valence-electron chi connectivity index (χ0n) is 11.0. The number of hydrogen-bond donors (Lipinski definition) is 3. The van der Waals surface area contributed by atoms with E-state index in [4.69, 9.17) is 5.11 Å². The molecule has 0 spiro atoms. The number of thiophene rings is 1. The Morgan fingerprint density at radius 2 is 2.14 bits per heavy atom. The minimum Gasteiger partial charge on any atom is -0.480 e. The van der Waals surface area contributed by atoms with Gasteiger partial charge in [0.2, 0.25) is 0 Å². The third kappa shape index (κ3) is 2.70. The van der Waals surface area contributed by atoms with Crippen LogP contribution in [-0.2, 0) is 4.79 Å². The Labute approximate surface area is 124 Å². The molecule has 2 atom stereocenters. The summed E-state index contributed by atoms with van der Waals surface area (Å²) in [4.78, 5) is 24.5. The average molecular weight is 306 g/mol. The minimum absolute atomic E-state index is 0.0312. The molecule has 7 heteroatoms. The van der Waals surface area contributed by atoms with Gasteiger partial charge in [0.25, 0.3) is 0 Å². The van der Waals surface area contributed by atoms with E-state index in [0.717, 1.165) is 15.0 Å². The quantitative estimate of drug-likeness (QED) is 0.791. The molecule has 2 heterocycles. The van der Waals surface area contributed by atoms with Gasteiger partial charge in [-0.2, -0.15) is 0 Å². The number of likely N-dealkylation sites (tertiary alicyclic amines) is 1. The number of β-amino-alcohol motifs (C(OH)–C–C–N with tert-alkyl or cyclic N) is 1. The zero-order valence-corrected chi connectivity index (χ0v) is 11.8. The van der Waals surface area contributed by atoms with E-state index in [2.05, 4.69) is 5.32 Å². The van der Waals surface area contributed by atoms with Crippen LogP contribution in [0.2, 0.25) is 0 Å². The lowest BCUT2D eigenvalue weighted by Gasteiger charge is -2.21. The number of hydrogen-bond acceptors (Lipinski definition) is 4. The molecule has 0 unspecified atom stereocenters. The van der Waals surface area contributed by atoms with Crippen LogP contribution < -0.4 is 5.32 Å². The Morgan fingerprint density at radius 3 is 2.90 bits per heavy atom. The van der Waals surface area contributed by atoms with E-state index in [0.29, 0.717) is 5.69 Å². The number of aliphatic hydroxyl groups excluding tert-OH is 1. The van der Waals surface area contributed by atoms with E-state index in [-0.39, 0.29) is 13.0 Å². The van der Waals surface area contributed by atoms with E-state index in [1.165, 1.54) is 0 Å². The Balaban J connectivity index is 1.77. The lowest BCUT2D eigenvalue weighted by molar-refractivity contribution is -0.141. The summed E-state index contributed by atoms with van der Waals surface area (Å²) in [5.41, 5.74) is 0.608. The van der Waals surface area contributed by atoms with Crippen LogP contribution in [0.25, 0.3) is 10.1 Å². The molecule has 0 radical (unpaired) electrons. The number of nitrogens with zero attached hydrogens (tertiary/aromatic N) is 1. The SMILES string of the molecule is O=C(O)[C@@H]1C[C@@H](O)CN1C(=O)Nc1ccc2sccc2c1. The summed E-state index contributed by atoms with van der Waals surface area (Å²) < 4.78 is 1.12. The standard InChI is InChI=1S/C14H14N2O4S/c17-10-6-11(13(18)19)16(7-10)14(20)15-9-1-2-12-8(5-9)3-4-21-12/h1-5,10-11,17H,6-7H2,(H,15,20)(H,18,19)/t10-,11+/m1/s1. The van der Waals surface area contributed by atoms with Crippen LogP contribution in [-0.4, -0.2) is 45.8 Å². The second-order valence-corrected chi connectivity index (χ2v) is 5.95. The predicted molar refractivity (Wildman–Crippen MR) is 79.6 cm³/mol. The van der Waals surface area contributed by atoms with Gasteiger partial charge in [-0.15, -0.1) is 11.3 Å². The molecule has 1 aromatic carbocycles. The number of carboxylic acids is 1. The van der Waals surface area contributed by atoms with Crippen LogP contribution in [0.5, 0.6) is 0 Å². The van der Waals surface area contributed by atoms with Crippen LogP contribution >= 0.6 is 11.3 Å². The number of urea groups is 1. The van der Waals surface area contributed by atoms with Gasteiger partial charge in [0.1, 0.15) is 6.04 Å². The van der Waals surface area contributed by atoms with Crippen molar-refractivity contribution in [2.45, 2.75) is 18.6 Å². The second-order valence-electron chi connectivity index (χ2n) is 5.00. The minimum atomic E-state index is -1.10. The number of carboxylic acid groups (broad SMARTS) is 1. The van der Waals surface area contributed by atoms with Crippen molar-refractivity contribution in [3.63, 3.8) is 0 Å². The summed E-state index contributed by atoms with van der Waals surface area (Å²) in [6.07, 6.45) is -0.733. The Hall–Kier alpha value is -2.12. The first-order chi connectivity index (χ1) is 10.0. The number of aliphatic hydroxyl groups is 1. The molecule has 1 aromatic heterocycles. The number of rotatable bonds is 2. The maximum Gasteiger partial charge on any atom is 0.326 e. The maximum atomic E-state index is 12.2. The van der Waals surface area contributed by atoms with Gasteiger partial charge in [0.05, 0.1) is 6.10 Å². The topological polar surface area (TPSA) is 89.9 Å². The molecule has 0 saturated carbocycles. The van der Waals surface area contributed by atoms with Crippen molar-refractivity contribution in [3.8, 4) is 0 Å². The molecule has 110 valence electrons. The Kier molecular flexibility index (Phi) is 3.52. The highest BCUT2D eigenvalue weighted by molar-refractivity contribution is 7.17. The maximum absolute atomic E-state index is 12.2. The summed E-state index contributed by atoms with van der Waals surface area (Å²) in [5, 5.41) is 24.3. The van der Waals surface area contributed by atoms with Gasteiger partial charge >= 0.3 is 12.0 Å². The molecular formula is C14H14N2O4S. The van der Waals surface area contributed by atoms with Crippen molar-refractivity contribution >= 4 is 39.1 Å². The summed E-state index contributed by atoms with van der Waals surface area (Å²) in [6.45, 7) is 0.0312. The highest BCUT2D eigenvalue weighted by atomic mass is 32.1. The molecule has 21 heavy (non-hydrogen) atoms. The van der Waals surface area contributed by atoms with E-state index < -0.39 is 24.1 Å². The number of carbonyl (C=O) groups is 2. The summed E-state index contributed by atoms with van der Waals surface area (Å²) in [5.74, 6) is -1.10. The van der Waals surface area contributed by atoms with Crippen molar-refractivity contribution in [2.75, 3.05) is 11.9 Å². The van der Waals surface area contributed by atoms with E-state index in [1.54, 1.807) is 17.4 Å². The predicted octanol–water partition coefficient (Wildman–Crippen LogP) is 1.95. The number of anilines is 1. The van der Waals surface area contributed by atoms with Gasteiger partial charge in [-0.05, 0) is 35.0 Å². The largest absolute Gasteiger partial charge is 0.480 e. The van der Waals surface area contributed by atoms with Crippen molar-refractivity contribution in [2.24, 2.45) is 0 Å². The van der Waals surface area contributed by atoms with E-state index in [1.807, 2.05) is 23.6 Å². The van der Waals surface area contributed by atoms with Crippen LogP contribution in [0.3, 0.4) is 0 Å². The second kappa shape index (κ2) is 5.34. The Bertz CT molecular complexity index is 699. The van der Waals surface area contributed by atoms with E-state index >= 15 is 0 Å². The molecule has 1 aliphatic rings. The molecule has 6 nitrogen and oxygen atoms in total. The number of aliphatic carboxylic acids is 1. The number of carbonyl (C=O) groups excluding carboxylic acids is 1. The highest BCUT2D eigenvalue weighted by Crippen LogP contribution is 2.25. The molecule has 3 rings (SSSR count). The number of nitrogens with one attached hydrogen (secondary N) is 1. The fourth-order valence-electron chi connectivity index (χ4n) is 2.51. The van der Waals surface area contributed by atoms with Crippen LogP contribution in [0.4, 0.5) is 10.5 Å². The van der Waals surface area contributed by atoms with Crippen molar-refractivity contribution < 1.29 is 19.8 Å². The number of benzene rings is 1. The van der Waals surface area contributed by atoms with E-state index in [9.17, 15) is 14.7 Å².